The van der Waals surface area contributed by atoms with Crippen LogP contribution in [-0.2, 0) is 6.54 Å². The van der Waals surface area contributed by atoms with E-state index >= 15 is 0 Å². The second-order valence-electron chi connectivity index (χ2n) is 6.91. The molecular formula is C20H18N6O2S. The van der Waals surface area contributed by atoms with Gasteiger partial charge in [0.2, 0.25) is 0 Å². The third-order valence-corrected chi connectivity index (χ3v) is 5.68. The number of carbonyl (C=O) groups excluding carboxylic acids is 1. The smallest absolute Gasteiger partial charge is 0.346 e. The topological polar surface area (TPSA) is 94.7 Å². The second-order valence-corrected chi connectivity index (χ2v) is 7.86. The van der Waals surface area contributed by atoms with E-state index in [1.807, 2.05) is 41.8 Å². The number of hydrogen-bond acceptors (Lipinski definition) is 6. The van der Waals surface area contributed by atoms with Crippen molar-refractivity contribution in [1.82, 2.24) is 29.6 Å². The second kappa shape index (κ2) is 7.25. The van der Waals surface area contributed by atoms with Crippen molar-refractivity contribution in [2.45, 2.75) is 25.4 Å². The average Bonchev–Trinajstić information content (AvgIpc) is 3.32. The minimum Gasteiger partial charge on any atom is -0.349 e. The van der Waals surface area contributed by atoms with Crippen molar-refractivity contribution in [3.63, 3.8) is 0 Å². The standard InChI is InChI=1S/C20H18N6O2S/c27-19(16-12-22-14-4-1-2-5-15(14)23-16)21-9-10-25-20(28)26(13-7-8-13)18(24-25)17-6-3-11-29-17/h1-6,11-13H,7-10H2,(H,21,27). The van der Waals surface area contributed by atoms with Crippen molar-refractivity contribution in [2.75, 3.05) is 6.54 Å². The number of thiophene rings is 1. The maximum absolute atomic E-state index is 12.8. The fraction of sp³-hybridized carbons (Fsp3) is 0.250. The van der Waals surface area contributed by atoms with Crippen LogP contribution in [0.25, 0.3) is 21.7 Å². The molecule has 1 N–H and O–H groups in total. The van der Waals surface area contributed by atoms with E-state index in [0.29, 0.717) is 17.9 Å². The average molecular weight is 406 g/mol. The normalized spacial score (nSPS) is 13.7. The number of amides is 1. The highest BCUT2D eigenvalue weighted by Gasteiger charge is 2.30. The summed E-state index contributed by atoms with van der Waals surface area (Å²) in [5, 5.41) is 9.30. The molecule has 4 aromatic rings. The molecule has 1 aliphatic rings. The van der Waals surface area contributed by atoms with Crippen LogP contribution in [0.5, 0.6) is 0 Å². The number of para-hydroxylation sites is 2. The Balaban J connectivity index is 1.30. The van der Waals surface area contributed by atoms with Gasteiger partial charge in [-0.3, -0.25) is 14.3 Å². The van der Waals surface area contributed by atoms with Crippen molar-refractivity contribution >= 4 is 28.3 Å². The summed E-state index contributed by atoms with van der Waals surface area (Å²) in [6.07, 6.45) is 3.46. The lowest BCUT2D eigenvalue weighted by Gasteiger charge is -2.05. The Labute approximate surface area is 169 Å². The van der Waals surface area contributed by atoms with Crippen molar-refractivity contribution in [1.29, 1.82) is 0 Å². The first-order chi connectivity index (χ1) is 14.2. The predicted octanol–water partition coefficient (Wildman–Crippen LogP) is 2.48. The van der Waals surface area contributed by atoms with Gasteiger partial charge in [-0.05, 0) is 36.4 Å². The molecule has 5 rings (SSSR count). The molecule has 1 fully saturated rings. The van der Waals surface area contributed by atoms with Crippen LogP contribution >= 0.6 is 11.3 Å². The summed E-state index contributed by atoms with van der Waals surface area (Å²) in [4.78, 5) is 34.8. The first-order valence-corrected chi connectivity index (χ1v) is 10.3. The van der Waals surface area contributed by atoms with Gasteiger partial charge in [0.25, 0.3) is 5.91 Å². The minimum atomic E-state index is -0.323. The molecule has 146 valence electrons. The van der Waals surface area contributed by atoms with Gasteiger partial charge in [0, 0.05) is 12.6 Å². The van der Waals surface area contributed by atoms with E-state index < -0.39 is 0 Å². The molecule has 0 atom stereocenters. The molecule has 8 nitrogen and oxygen atoms in total. The zero-order chi connectivity index (χ0) is 19.8. The fourth-order valence-corrected chi connectivity index (χ4v) is 3.94. The Morgan fingerprint density at radius 3 is 2.76 bits per heavy atom. The van der Waals surface area contributed by atoms with E-state index in [1.165, 1.54) is 10.9 Å². The molecular weight excluding hydrogens is 388 g/mol. The maximum atomic E-state index is 12.8. The van der Waals surface area contributed by atoms with E-state index in [-0.39, 0.29) is 29.9 Å². The molecule has 0 aliphatic heterocycles. The van der Waals surface area contributed by atoms with Crippen molar-refractivity contribution in [2.24, 2.45) is 0 Å². The third kappa shape index (κ3) is 3.44. The highest BCUT2D eigenvalue weighted by Crippen LogP contribution is 2.37. The highest BCUT2D eigenvalue weighted by molar-refractivity contribution is 7.13. The summed E-state index contributed by atoms with van der Waals surface area (Å²) in [6.45, 7) is 0.572. The number of carbonyl (C=O) groups is 1. The van der Waals surface area contributed by atoms with Gasteiger partial charge < -0.3 is 5.32 Å². The van der Waals surface area contributed by atoms with E-state index in [1.54, 1.807) is 15.9 Å². The molecule has 0 saturated heterocycles. The Morgan fingerprint density at radius 2 is 2.00 bits per heavy atom. The third-order valence-electron chi connectivity index (χ3n) is 4.81. The SMILES string of the molecule is O=C(NCCn1nc(-c2cccs2)n(C2CC2)c1=O)c1cnc2ccccc2n1. The van der Waals surface area contributed by atoms with E-state index in [9.17, 15) is 9.59 Å². The number of nitrogens with one attached hydrogen (secondary N) is 1. The summed E-state index contributed by atoms with van der Waals surface area (Å²) in [5.41, 5.74) is 1.52. The molecule has 0 bridgehead atoms. The van der Waals surface area contributed by atoms with Crippen LogP contribution in [0.15, 0.2) is 52.8 Å². The van der Waals surface area contributed by atoms with Gasteiger partial charge in [0.1, 0.15) is 5.69 Å². The lowest BCUT2D eigenvalue weighted by Crippen LogP contribution is -2.32. The van der Waals surface area contributed by atoms with Crippen LogP contribution in [-0.4, -0.2) is 36.8 Å². The van der Waals surface area contributed by atoms with Crippen molar-refractivity contribution in [3.05, 3.63) is 64.2 Å². The fourth-order valence-electron chi connectivity index (χ4n) is 3.23. The first-order valence-electron chi connectivity index (χ1n) is 9.44. The van der Waals surface area contributed by atoms with Crippen molar-refractivity contribution < 1.29 is 4.79 Å². The van der Waals surface area contributed by atoms with Gasteiger partial charge in [-0.15, -0.1) is 16.4 Å². The Bertz CT molecular complexity index is 1240. The summed E-state index contributed by atoms with van der Waals surface area (Å²) in [7, 11) is 0. The lowest BCUT2D eigenvalue weighted by atomic mass is 10.3. The van der Waals surface area contributed by atoms with Gasteiger partial charge in [0.05, 0.1) is 28.7 Å². The molecule has 1 aliphatic carbocycles. The quantitative estimate of drug-likeness (QED) is 0.531. The molecule has 0 radical (unpaired) electrons. The molecule has 29 heavy (non-hydrogen) atoms. The van der Waals surface area contributed by atoms with Crippen LogP contribution in [0.3, 0.4) is 0 Å². The van der Waals surface area contributed by atoms with Crippen LogP contribution in [0.1, 0.15) is 29.4 Å². The van der Waals surface area contributed by atoms with Gasteiger partial charge in [-0.1, -0.05) is 18.2 Å². The molecule has 3 aromatic heterocycles. The summed E-state index contributed by atoms with van der Waals surface area (Å²) < 4.78 is 3.21. The Hall–Kier alpha value is -3.33. The van der Waals surface area contributed by atoms with E-state index in [0.717, 1.165) is 23.2 Å². The Morgan fingerprint density at radius 1 is 1.17 bits per heavy atom. The summed E-state index contributed by atoms with van der Waals surface area (Å²) in [5.74, 6) is 0.385. The van der Waals surface area contributed by atoms with Gasteiger partial charge in [-0.25, -0.2) is 14.5 Å². The lowest BCUT2D eigenvalue weighted by molar-refractivity contribution is 0.0947. The van der Waals surface area contributed by atoms with Crippen LogP contribution in [0, 0.1) is 0 Å². The molecule has 1 saturated carbocycles. The summed E-state index contributed by atoms with van der Waals surface area (Å²) in [6, 6.07) is 11.5. The van der Waals surface area contributed by atoms with Crippen LogP contribution in [0.4, 0.5) is 0 Å². The van der Waals surface area contributed by atoms with Crippen molar-refractivity contribution in [3.8, 4) is 10.7 Å². The van der Waals surface area contributed by atoms with E-state index in [4.69, 9.17) is 0 Å². The molecule has 1 aromatic carbocycles. The predicted molar refractivity (Wildman–Crippen MR) is 110 cm³/mol. The van der Waals surface area contributed by atoms with Gasteiger partial charge >= 0.3 is 5.69 Å². The number of aromatic nitrogens is 5. The molecule has 1 amide bonds. The highest BCUT2D eigenvalue weighted by atomic mass is 32.1. The van der Waals surface area contributed by atoms with E-state index in [2.05, 4.69) is 20.4 Å². The summed E-state index contributed by atoms with van der Waals surface area (Å²) >= 11 is 1.56. The number of benzene rings is 1. The molecule has 0 spiro atoms. The van der Waals surface area contributed by atoms with Gasteiger partial charge in [0.15, 0.2) is 5.82 Å². The monoisotopic (exact) mass is 406 g/mol. The molecule has 3 heterocycles. The van der Waals surface area contributed by atoms with Crippen LogP contribution in [0.2, 0.25) is 0 Å². The minimum absolute atomic E-state index is 0.129. The van der Waals surface area contributed by atoms with Crippen LogP contribution < -0.4 is 11.0 Å². The number of rotatable bonds is 6. The first kappa shape index (κ1) is 17.7. The Kier molecular flexibility index (Phi) is 4.44. The molecule has 0 unspecified atom stereocenters. The van der Waals surface area contributed by atoms with Gasteiger partial charge in [-0.2, -0.15) is 0 Å². The largest absolute Gasteiger partial charge is 0.349 e. The molecule has 9 heteroatoms. The number of nitrogens with zero attached hydrogens (tertiary/aromatic N) is 5. The number of fused-ring (bicyclic) bond motifs is 1. The maximum Gasteiger partial charge on any atom is 0.346 e. The zero-order valence-electron chi connectivity index (χ0n) is 15.5. The number of hydrogen-bond donors (Lipinski definition) is 1. The zero-order valence-corrected chi connectivity index (χ0v) is 16.3.